The molecule has 0 heterocycles. The molecule has 0 aliphatic heterocycles. The number of aliphatic carboxylic acids is 1. The number of amides is 1. The van der Waals surface area contributed by atoms with Gasteiger partial charge in [-0.3, -0.25) is 4.79 Å². The number of carbonyl (C=O) groups excluding carboxylic acids is 1. The van der Waals surface area contributed by atoms with Crippen LogP contribution in [-0.4, -0.2) is 28.8 Å². The highest BCUT2D eigenvalue weighted by atomic mass is 35.5. The maximum atomic E-state index is 11.6. The highest BCUT2D eigenvalue weighted by molar-refractivity contribution is 8.00. The average Bonchev–Trinajstić information content (AvgIpc) is 2.37. The zero-order chi connectivity index (χ0) is 14.3. The highest BCUT2D eigenvalue weighted by Crippen LogP contribution is 2.26. The van der Waals surface area contributed by atoms with Crippen LogP contribution in [0.25, 0.3) is 0 Å². The van der Waals surface area contributed by atoms with Crippen molar-refractivity contribution in [3.8, 4) is 0 Å². The molecule has 4 nitrogen and oxygen atoms in total. The van der Waals surface area contributed by atoms with E-state index < -0.39 is 12.0 Å². The first-order valence-electron chi connectivity index (χ1n) is 5.55. The number of nitrogens with one attached hydrogen (secondary N) is 1. The standard InChI is InChI=1S/C13H14ClNO3S/c1-2-5-10(13(17)18)15-12(16)8-19-11-7-4-3-6-9(11)14/h2-4,6-7,10H,1,5,8H2,(H,15,16)(H,17,18). The van der Waals surface area contributed by atoms with E-state index in [0.29, 0.717) is 5.02 Å². The Morgan fingerprint density at radius 1 is 1.47 bits per heavy atom. The number of carboxylic acid groups (broad SMARTS) is 1. The van der Waals surface area contributed by atoms with Gasteiger partial charge in [-0.25, -0.2) is 4.79 Å². The number of benzene rings is 1. The molecule has 1 aromatic carbocycles. The van der Waals surface area contributed by atoms with Crippen molar-refractivity contribution >= 4 is 35.2 Å². The zero-order valence-electron chi connectivity index (χ0n) is 10.1. The van der Waals surface area contributed by atoms with Crippen LogP contribution < -0.4 is 5.32 Å². The third kappa shape index (κ3) is 5.36. The minimum atomic E-state index is -1.07. The molecule has 102 valence electrons. The van der Waals surface area contributed by atoms with Gasteiger partial charge < -0.3 is 10.4 Å². The van der Waals surface area contributed by atoms with Gasteiger partial charge in [-0.15, -0.1) is 18.3 Å². The molecule has 0 fully saturated rings. The number of carboxylic acids is 1. The molecule has 0 aliphatic rings. The van der Waals surface area contributed by atoms with E-state index >= 15 is 0 Å². The molecule has 1 unspecified atom stereocenters. The van der Waals surface area contributed by atoms with E-state index in [2.05, 4.69) is 11.9 Å². The molecule has 0 saturated heterocycles. The summed E-state index contributed by atoms with van der Waals surface area (Å²) in [5.41, 5.74) is 0. The second kappa shape index (κ2) is 7.86. The third-order valence-corrected chi connectivity index (χ3v) is 3.75. The maximum absolute atomic E-state index is 11.6. The van der Waals surface area contributed by atoms with Crippen molar-refractivity contribution in [3.63, 3.8) is 0 Å². The van der Waals surface area contributed by atoms with Crippen molar-refractivity contribution in [3.05, 3.63) is 41.9 Å². The van der Waals surface area contributed by atoms with Crippen LogP contribution in [0, 0.1) is 0 Å². The fourth-order valence-corrected chi connectivity index (χ4v) is 2.38. The molecular weight excluding hydrogens is 286 g/mol. The number of carbonyl (C=O) groups is 2. The lowest BCUT2D eigenvalue weighted by Crippen LogP contribution is -2.41. The molecular formula is C13H14ClNO3S. The Morgan fingerprint density at radius 2 is 2.16 bits per heavy atom. The van der Waals surface area contributed by atoms with Crippen LogP contribution in [0.3, 0.4) is 0 Å². The van der Waals surface area contributed by atoms with Crippen molar-refractivity contribution in [2.24, 2.45) is 0 Å². The van der Waals surface area contributed by atoms with Gasteiger partial charge in [0, 0.05) is 4.90 Å². The normalized spacial score (nSPS) is 11.6. The van der Waals surface area contributed by atoms with E-state index in [1.54, 1.807) is 18.2 Å². The molecule has 19 heavy (non-hydrogen) atoms. The van der Waals surface area contributed by atoms with E-state index in [1.807, 2.05) is 6.07 Å². The van der Waals surface area contributed by atoms with Gasteiger partial charge in [-0.2, -0.15) is 0 Å². The summed E-state index contributed by atoms with van der Waals surface area (Å²) < 4.78 is 0. The van der Waals surface area contributed by atoms with Crippen molar-refractivity contribution < 1.29 is 14.7 Å². The third-order valence-electron chi connectivity index (χ3n) is 2.23. The molecule has 0 aromatic heterocycles. The molecule has 2 N–H and O–H groups in total. The predicted molar refractivity (Wildman–Crippen MR) is 76.6 cm³/mol. The van der Waals surface area contributed by atoms with Gasteiger partial charge in [-0.05, 0) is 18.6 Å². The monoisotopic (exact) mass is 299 g/mol. The second-order valence-electron chi connectivity index (χ2n) is 3.70. The number of rotatable bonds is 7. The van der Waals surface area contributed by atoms with Gasteiger partial charge >= 0.3 is 5.97 Å². The first-order chi connectivity index (χ1) is 9.04. The Kier molecular flexibility index (Phi) is 6.45. The predicted octanol–water partition coefficient (Wildman–Crippen LogP) is 2.58. The first-order valence-corrected chi connectivity index (χ1v) is 6.91. The van der Waals surface area contributed by atoms with Crippen LogP contribution in [0.5, 0.6) is 0 Å². The summed E-state index contributed by atoms with van der Waals surface area (Å²) in [6.45, 7) is 3.46. The van der Waals surface area contributed by atoms with E-state index in [1.165, 1.54) is 17.8 Å². The fraction of sp³-hybridized carbons (Fsp3) is 0.231. The van der Waals surface area contributed by atoms with Crippen molar-refractivity contribution in [1.82, 2.24) is 5.32 Å². The Bertz CT molecular complexity index is 479. The molecule has 1 atom stereocenters. The molecule has 0 spiro atoms. The summed E-state index contributed by atoms with van der Waals surface area (Å²) in [4.78, 5) is 23.3. The van der Waals surface area contributed by atoms with E-state index in [9.17, 15) is 9.59 Å². The minimum absolute atomic E-state index is 0.116. The second-order valence-corrected chi connectivity index (χ2v) is 5.13. The summed E-state index contributed by atoms with van der Waals surface area (Å²) in [5.74, 6) is -1.31. The van der Waals surface area contributed by atoms with Gasteiger partial charge in [0.15, 0.2) is 0 Å². The summed E-state index contributed by atoms with van der Waals surface area (Å²) in [5, 5.41) is 11.9. The smallest absolute Gasteiger partial charge is 0.326 e. The fourth-order valence-electron chi connectivity index (χ4n) is 1.33. The molecule has 1 aromatic rings. The van der Waals surface area contributed by atoms with Crippen LogP contribution in [0.1, 0.15) is 6.42 Å². The largest absolute Gasteiger partial charge is 0.480 e. The number of hydrogen-bond acceptors (Lipinski definition) is 3. The van der Waals surface area contributed by atoms with Gasteiger partial charge in [0.05, 0.1) is 10.8 Å². The summed E-state index contributed by atoms with van der Waals surface area (Å²) in [6, 6.07) is 6.23. The Labute approximate surface area is 120 Å². The highest BCUT2D eigenvalue weighted by Gasteiger charge is 2.18. The lowest BCUT2D eigenvalue weighted by atomic mass is 10.2. The van der Waals surface area contributed by atoms with Gasteiger partial charge in [0.25, 0.3) is 0 Å². The molecule has 1 rings (SSSR count). The summed E-state index contributed by atoms with van der Waals surface area (Å²) in [7, 11) is 0. The zero-order valence-corrected chi connectivity index (χ0v) is 11.7. The summed E-state index contributed by atoms with van der Waals surface area (Å²) >= 11 is 7.22. The van der Waals surface area contributed by atoms with Gasteiger partial charge in [-0.1, -0.05) is 29.8 Å². The minimum Gasteiger partial charge on any atom is -0.480 e. The average molecular weight is 300 g/mol. The van der Waals surface area contributed by atoms with Gasteiger partial charge in [0.1, 0.15) is 6.04 Å². The Balaban J connectivity index is 2.49. The molecule has 0 bridgehead atoms. The number of hydrogen-bond donors (Lipinski definition) is 2. The van der Waals surface area contributed by atoms with Crippen molar-refractivity contribution in [2.75, 3.05) is 5.75 Å². The van der Waals surface area contributed by atoms with E-state index in [4.69, 9.17) is 16.7 Å². The molecule has 1 amide bonds. The van der Waals surface area contributed by atoms with Crippen molar-refractivity contribution in [2.45, 2.75) is 17.4 Å². The maximum Gasteiger partial charge on any atom is 0.326 e. The van der Waals surface area contributed by atoms with E-state index in [0.717, 1.165) is 4.90 Å². The lowest BCUT2D eigenvalue weighted by molar-refractivity contribution is -0.141. The lowest BCUT2D eigenvalue weighted by Gasteiger charge is -2.12. The van der Waals surface area contributed by atoms with Crippen LogP contribution in [-0.2, 0) is 9.59 Å². The molecule has 0 aliphatic carbocycles. The number of halogens is 1. The SMILES string of the molecule is C=CCC(NC(=O)CSc1ccccc1Cl)C(=O)O. The topological polar surface area (TPSA) is 66.4 Å². The first kappa shape index (κ1) is 15.6. The number of thioether (sulfide) groups is 1. The molecule has 0 saturated carbocycles. The van der Waals surface area contributed by atoms with Gasteiger partial charge in [0.2, 0.25) is 5.91 Å². The molecule has 6 heteroatoms. The van der Waals surface area contributed by atoms with Crippen LogP contribution in [0.15, 0.2) is 41.8 Å². The Morgan fingerprint density at radius 3 is 2.74 bits per heavy atom. The Hall–Kier alpha value is -1.46. The van der Waals surface area contributed by atoms with Crippen LogP contribution in [0.4, 0.5) is 0 Å². The molecule has 0 radical (unpaired) electrons. The van der Waals surface area contributed by atoms with Crippen LogP contribution in [0.2, 0.25) is 5.02 Å². The quantitative estimate of drug-likeness (QED) is 0.600. The van der Waals surface area contributed by atoms with E-state index in [-0.39, 0.29) is 18.1 Å². The summed E-state index contributed by atoms with van der Waals surface area (Å²) in [6.07, 6.45) is 1.65. The van der Waals surface area contributed by atoms with Crippen LogP contribution >= 0.6 is 23.4 Å². The van der Waals surface area contributed by atoms with Crippen molar-refractivity contribution in [1.29, 1.82) is 0 Å².